The van der Waals surface area contributed by atoms with Crippen LogP contribution in [0.4, 0.5) is 5.82 Å². The van der Waals surface area contributed by atoms with Gasteiger partial charge in [-0.25, -0.2) is 4.98 Å². The molecule has 1 aromatic carbocycles. The number of halogens is 1. The summed E-state index contributed by atoms with van der Waals surface area (Å²) in [5.74, 6) is 1.72. The Morgan fingerprint density at radius 1 is 1.10 bits per heavy atom. The smallest absolute Gasteiger partial charge is 0.238 e. The molecule has 29 heavy (non-hydrogen) atoms. The van der Waals surface area contributed by atoms with Gasteiger partial charge in [-0.15, -0.1) is 10.2 Å². The summed E-state index contributed by atoms with van der Waals surface area (Å²) in [4.78, 5) is 16.4. The van der Waals surface area contributed by atoms with Crippen LogP contribution < -0.4 is 5.32 Å². The third kappa shape index (κ3) is 6.70. The van der Waals surface area contributed by atoms with Crippen LogP contribution in [0.3, 0.4) is 0 Å². The van der Waals surface area contributed by atoms with Gasteiger partial charge in [0, 0.05) is 11.9 Å². The monoisotopic (exact) mass is 464 g/mol. The molecule has 1 atom stereocenters. The van der Waals surface area contributed by atoms with E-state index in [4.69, 9.17) is 11.6 Å². The number of anilines is 1. The van der Waals surface area contributed by atoms with Crippen LogP contribution >= 0.6 is 46.5 Å². The Morgan fingerprint density at radius 3 is 2.48 bits per heavy atom. The van der Waals surface area contributed by atoms with E-state index in [9.17, 15) is 4.79 Å². The number of thioether (sulfide) groups is 2. The van der Waals surface area contributed by atoms with Crippen LogP contribution in [0, 0.1) is 0 Å². The van der Waals surface area contributed by atoms with Crippen LogP contribution in [0.2, 0.25) is 5.02 Å². The zero-order chi connectivity index (χ0) is 20.8. The first-order chi connectivity index (χ1) is 13.9. The van der Waals surface area contributed by atoms with Crippen molar-refractivity contribution in [3.8, 4) is 0 Å². The molecule has 3 aromatic rings. The third-order valence-electron chi connectivity index (χ3n) is 4.02. The summed E-state index contributed by atoms with van der Waals surface area (Å²) in [6.07, 6.45) is 1.50. The van der Waals surface area contributed by atoms with Gasteiger partial charge in [0.1, 0.15) is 5.82 Å². The van der Waals surface area contributed by atoms with Gasteiger partial charge in [0.2, 0.25) is 5.91 Å². The van der Waals surface area contributed by atoms with Crippen molar-refractivity contribution in [3.63, 3.8) is 0 Å². The topological polar surface area (TPSA) is 67.8 Å². The van der Waals surface area contributed by atoms with Crippen molar-refractivity contribution < 1.29 is 4.79 Å². The van der Waals surface area contributed by atoms with Gasteiger partial charge in [0.15, 0.2) is 8.68 Å². The van der Waals surface area contributed by atoms with Crippen molar-refractivity contribution in [1.29, 1.82) is 0 Å². The number of amides is 1. The molecule has 0 spiro atoms. The van der Waals surface area contributed by atoms with Gasteiger partial charge in [-0.1, -0.05) is 84.6 Å². The lowest BCUT2D eigenvalue weighted by atomic mass is 10.0. The molecule has 0 saturated heterocycles. The zero-order valence-corrected chi connectivity index (χ0v) is 19.5. The second-order valence-corrected chi connectivity index (χ2v) is 10.9. The van der Waals surface area contributed by atoms with Crippen molar-refractivity contribution in [2.75, 3.05) is 5.32 Å². The number of carbonyl (C=O) groups is 1. The normalized spacial score (nSPS) is 12.2. The molecule has 2 heterocycles. The molecule has 0 aliphatic carbocycles. The van der Waals surface area contributed by atoms with Gasteiger partial charge in [0.05, 0.1) is 10.3 Å². The Hall–Kier alpha value is -1.61. The number of aromatic nitrogens is 3. The molecule has 2 aromatic heterocycles. The van der Waals surface area contributed by atoms with Crippen LogP contribution in [0.15, 0.2) is 51.3 Å². The van der Waals surface area contributed by atoms with Crippen LogP contribution in [0.1, 0.15) is 37.8 Å². The molecule has 3 rings (SSSR count). The number of nitrogens with one attached hydrogen (secondary N) is 1. The summed E-state index contributed by atoms with van der Waals surface area (Å²) in [5.41, 5.74) is 2.60. The van der Waals surface area contributed by atoms with Crippen molar-refractivity contribution in [2.45, 2.75) is 46.4 Å². The number of rotatable bonds is 8. The highest BCUT2D eigenvalue weighted by Crippen LogP contribution is 2.33. The Kier molecular flexibility index (Phi) is 7.94. The van der Waals surface area contributed by atoms with E-state index in [1.807, 2.05) is 6.92 Å². The minimum Gasteiger partial charge on any atom is -0.310 e. The third-order valence-corrected chi connectivity index (χ3v) is 7.56. The predicted molar refractivity (Wildman–Crippen MR) is 123 cm³/mol. The molecule has 1 N–H and O–H groups in total. The largest absolute Gasteiger partial charge is 0.310 e. The number of hydrogen-bond donors (Lipinski definition) is 1. The lowest BCUT2D eigenvalue weighted by molar-refractivity contribution is -0.115. The second-order valence-electron chi connectivity index (χ2n) is 6.63. The molecule has 0 saturated carbocycles. The molecule has 9 heteroatoms. The first-order valence-corrected chi connectivity index (χ1v) is 12.1. The number of benzene rings is 1. The number of carbonyl (C=O) groups excluding carboxylic acids is 1. The molecule has 0 fully saturated rings. The maximum atomic E-state index is 12.3. The van der Waals surface area contributed by atoms with E-state index in [2.05, 4.69) is 58.6 Å². The highest BCUT2D eigenvalue weighted by molar-refractivity contribution is 8.03. The molecule has 1 unspecified atom stereocenters. The average molecular weight is 465 g/mol. The Morgan fingerprint density at radius 2 is 1.83 bits per heavy atom. The zero-order valence-electron chi connectivity index (χ0n) is 16.3. The van der Waals surface area contributed by atoms with Crippen molar-refractivity contribution in [2.24, 2.45) is 0 Å². The lowest BCUT2D eigenvalue weighted by Crippen LogP contribution is -2.22. The SMILES string of the molecule is CC(Sc1nnc(SCc2ccc(C(C)C)cc2)s1)C(=O)Nc1ccc(Cl)cn1. The van der Waals surface area contributed by atoms with Crippen molar-refractivity contribution in [1.82, 2.24) is 15.2 Å². The fourth-order valence-electron chi connectivity index (χ4n) is 2.33. The van der Waals surface area contributed by atoms with E-state index in [1.165, 1.54) is 40.4 Å². The highest BCUT2D eigenvalue weighted by Gasteiger charge is 2.18. The van der Waals surface area contributed by atoms with E-state index in [1.54, 1.807) is 23.9 Å². The van der Waals surface area contributed by atoms with Crippen molar-refractivity contribution >= 4 is 58.2 Å². The fraction of sp³-hybridized carbons (Fsp3) is 0.300. The molecule has 5 nitrogen and oxygen atoms in total. The molecular formula is C20H21ClN4OS3. The predicted octanol–water partition coefficient (Wildman–Crippen LogP) is 6.12. The summed E-state index contributed by atoms with van der Waals surface area (Å²) >= 11 is 10.4. The Bertz CT molecular complexity index is 945. The summed E-state index contributed by atoms with van der Waals surface area (Å²) < 4.78 is 1.67. The van der Waals surface area contributed by atoms with Gasteiger partial charge in [-0.3, -0.25) is 4.79 Å². The van der Waals surface area contributed by atoms with E-state index in [-0.39, 0.29) is 11.2 Å². The Labute approximate surface area is 188 Å². The van der Waals surface area contributed by atoms with Crippen LogP contribution in [0.25, 0.3) is 0 Å². The molecular weight excluding hydrogens is 444 g/mol. The minimum atomic E-state index is -0.318. The minimum absolute atomic E-state index is 0.139. The first-order valence-electron chi connectivity index (χ1n) is 9.05. The van der Waals surface area contributed by atoms with E-state index >= 15 is 0 Å². The van der Waals surface area contributed by atoms with Crippen molar-refractivity contribution in [3.05, 3.63) is 58.7 Å². The van der Waals surface area contributed by atoms with E-state index < -0.39 is 0 Å². The van der Waals surface area contributed by atoms with Gasteiger partial charge in [0.25, 0.3) is 0 Å². The summed E-state index contributed by atoms with van der Waals surface area (Å²) in [6, 6.07) is 12.0. The van der Waals surface area contributed by atoms with Crippen LogP contribution in [0.5, 0.6) is 0 Å². The summed E-state index contributed by atoms with van der Waals surface area (Å²) in [5, 5.41) is 11.4. The quantitative estimate of drug-likeness (QED) is 0.405. The van der Waals surface area contributed by atoms with Gasteiger partial charge in [-0.05, 0) is 36.1 Å². The maximum absolute atomic E-state index is 12.3. The summed E-state index contributed by atoms with van der Waals surface area (Å²) in [7, 11) is 0. The van der Waals surface area contributed by atoms with E-state index in [0.717, 1.165) is 14.4 Å². The second kappa shape index (κ2) is 10.4. The lowest BCUT2D eigenvalue weighted by Gasteiger charge is -2.09. The molecule has 0 radical (unpaired) electrons. The highest BCUT2D eigenvalue weighted by atomic mass is 35.5. The summed E-state index contributed by atoms with van der Waals surface area (Å²) in [6.45, 7) is 6.22. The Balaban J connectivity index is 1.50. The molecule has 1 amide bonds. The number of nitrogens with zero attached hydrogens (tertiary/aromatic N) is 3. The molecule has 152 valence electrons. The molecule has 0 aliphatic heterocycles. The number of hydrogen-bond acceptors (Lipinski definition) is 7. The van der Waals surface area contributed by atoms with E-state index in [0.29, 0.717) is 16.8 Å². The fourth-order valence-corrected chi connectivity index (χ4v) is 5.56. The van der Waals surface area contributed by atoms with Gasteiger partial charge in [-0.2, -0.15) is 0 Å². The first kappa shape index (κ1) is 22.1. The molecule has 0 aliphatic rings. The average Bonchev–Trinajstić information content (AvgIpc) is 3.15. The molecule has 0 bridgehead atoms. The maximum Gasteiger partial charge on any atom is 0.238 e. The van der Waals surface area contributed by atoms with Gasteiger partial charge >= 0.3 is 0 Å². The number of pyridine rings is 1. The van der Waals surface area contributed by atoms with Gasteiger partial charge < -0.3 is 5.32 Å². The standard InChI is InChI=1S/C20H21ClN4OS3/c1-12(2)15-6-4-14(5-7-15)11-27-19-24-25-20(29-19)28-13(3)18(26)23-17-9-8-16(21)10-22-17/h4-10,12-13H,11H2,1-3H3,(H,22,23,26). The van der Waals surface area contributed by atoms with Crippen LogP contribution in [-0.4, -0.2) is 26.3 Å². The van der Waals surface area contributed by atoms with Crippen LogP contribution in [-0.2, 0) is 10.5 Å².